The van der Waals surface area contributed by atoms with Crippen molar-refractivity contribution in [1.82, 2.24) is 20.4 Å². The van der Waals surface area contributed by atoms with Crippen molar-refractivity contribution >= 4 is 11.6 Å². The molecule has 28 heavy (non-hydrogen) atoms. The summed E-state index contributed by atoms with van der Waals surface area (Å²) < 4.78 is 6.10. The number of aromatic amines is 4. The SMILES string of the molecule is Cc1ccc(-c2ccc(C(c3c(C)[nH][nH]c3=O)c3c(C)[nH][nH]c3=O)o2)cc1Cl. The third kappa shape index (κ3) is 2.93. The first-order valence-electron chi connectivity index (χ1n) is 8.77. The zero-order valence-corrected chi connectivity index (χ0v) is 16.3. The van der Waals surface area contributed by atoms with E-state index in [-0.39, 0.29) is 11.1 Å². The Labute approximate surface area is 164 Å². The molecule has 0 saturated carbocycles. The van der Waals surface area contributed by atoms with Crippen molar-refractivity contribution in [2.45, 2.75) is 26.7 Å². The van der Waals surface area contributed by atoms with Crippen LogP contribution in [0, 0.1) is 20.8 Å². The number of aromatic nitrogens is 4. The molecule has 144 valence electrons. The molecule has 0 saturated heterocycles. The predicted molar refractivity (Wildman–Crippen MR) is 107 cm³/mol. The van der Waals surface area contributed by atoms with Crippen molar-refractivity contribution < 1.29 is 4.42 Å². The Hall–Kier alpha value is -3.19. The Balaban J connectivity index is 1.89. The lowest BCUT2D eigenvalue weighted by molar-refractivity contribution is 0.513. The number of halogens is 1. The molecule has 0 fully saturated rings. The van der Waals surface area contributed by atoms with E-state index < -0.39 is 5.92 Å². The van der Waals surface area contributed by atoms with Gasteiger partial charge in [-0.15, -0.1) is 0 Å². The molecule has 0 aliphatic rings. The first kappa shape index (κ1) is 18.2. The van der Waals surface area contributed by atoms with Crippen molar-refractivity contribution in [3.8, 4) is 11.3 Å². The molecule has 4 rings (SSSR count). The summed E-state index contributed by atoms with van der Waals surface area (Å²) in [5, 5.41) is 11.4. The van der Waals surface area contributed by atoms with Crippen molar-refractivity contribution in [3.05, 3.63) is 89.9 Å². The second kappa shape index (κ2) is 6.76. The fourth-order valence-corrected chi connectivity index (χ4v) is 3.62. The van der Waals surface area contributed by atoms with Crippen LogP contribution in [0.4, 0.5) is 0 Å². The molecule has 4 N–H and O–H groups in total. The average Bonchev–Trinajstić information content (AvgIpc) is 3.35. The molecule has 0 atom stereocenters. The number of H-pyrrole nitrogens is 4. The molecule has 8 heteroatoms. The Morgan fingerprint density at radius 1 is 0.857 bits per heavy atom. The lowest BCUT2D eigenvalue weighted by atomic mass is 9.89. The van der Waals surface area contributed by atoms with Crippen molar-refractivity contribution in [2.75, 3.05) is 0 Å². The van der Waals surface area contributed by atoms with E-state index in [1.165, 1.54) is 0 Å². The minimum absolute atomic E-state index is 0.293. The Kier molecular flexibility index (Phi) is 4.39. The van der Waals surface area contributed by atoms with E-state index >= 15 is 0 Å². The van der Waals surface area contributed by atoms with Crippen LogP contribution in [-0.4, -0.2) is 20.4 Å². The fraction of sp³-hybridized carbons (Fsp3) is 0.200. The molecule has 0 aliphatic carbocycles. The van der Waals surface area contributed by atoms with E-state index in [2.05, 4.69) is 20.4 Å². The highest BCUT2D eigenvalue weighted by Gasteiger charge is 2.30. The van der Waals surface area contributed by atoms with Gasteiger partial charge in [0.15, 0.2) is 0 Å². The van der Waals surface area contributed by atoms with Crippen molar-refractivity contribution in [2.24, 2.45) is 0 Å². The lowest BCUT2D eigenvalue weighted by Crippen LogP contribution is -2.19. The molecule has 3 heterocycles. The summed E-state index contributed by atoms with van der Waals surface area (Å²) in [6, 6.07) is 9.26. The van der Waals surface area contributed by atoms with Gasteiger partial charge in [0.2, 0.25) is 0 Å². The molecule has 0 unspecified atom stereocenters. The average molecular weight is 399 g/mol. The third-order valence-corrected chi connectivity index (χ3v) is 5.38. The molecule has 1 aromatic carbocycles. The fourth-order valence-electron chi connectivity index (χ4n) is 3.44. The topological polar surface area (TPSA) is 110 Å². The summed E-state index contributed by atoms with van der Waals surface area (Å²) in [7, 11) is 0. The molecule has 0 bridgehead atoms. The van der Waals surface area contributed by atoms with E-state index in [4.69, 9.17) is 16.0 Å². The minimum atomic E-state index is -0.653. The molecule has 4 aromatic rings. The molecule has 7 nitrogen and oxygen atoms in total. The summed E-state index contributed by atoms with van der Waals surface area (Å²) in [5.41, 5.74) is 3.38. The van der Waals surface area contributed by atoms with Gasteiger partial charge in [-0.05, 0) is 44.5 Å². The predicted octanol–water partition coefficient (Wildman–Crippen LogP) is 3.74. The first-order valence-corrected chi connectivity index (χ1v) is 9.15. The number of hydrogen-bond acceptors (Lipinski definition) is 3. The van der Waals surface area contributed by atoms with Crippen LogP contribution in [0.3, 0.4) is 0 Å². The maximum atomic E-state index is 12.5. The summed E-state index contributed by atoms with van der Waals surface area (Å²) in [6.07, 6.45) is 0. The van der Waals surface area contributed by atoms with E-state index in [9.17, 15) is 9.59 Å². The van der Waals surface area contributed by atoms with Gasteiger partial charge in [0.25, 0.3) is 11.1 Å². The summed E-state index contributed by atoms with van der Waals surface area (Å²) in [6.45, 7) is 5.48. The molecule has 0 spiro atoms. The lowest BCUT2D eigenvalue weighted by Gasteiger charge is -2.12. The largest absolute Gasteiger partial charge is 0.460 e. The van der Waals surface area contributed by atoms with E-state index in [0.717, 1.165) is 11.1 Å². The number of rotatable bonds is 4. The van der Waals surface area contributed by atoms with E-state index in [1.54, 1.807) is 19.9 Å². The van der Waals surface area contributed by atoms with Crippen LogP contribution in [0.2, 0.25) is 5.02 Å². The van der Waals surface area contributed by atoms with Gasteiger partial charge in [-0.2, -0.15) is 0 Å². The van der Waals surface area contributed by atoms with Gasteiger partial charge < -0.3 is 14.6 Å². The highest BCUT2D eigenvalue weighted by molar-refractivity contribution is 6.31. The summed E-state index contributed by atoms with van der Waals surface area (Å²) in [4.78, 5) is 24.9. The van der Waals surface area contributed by atoms with Gasteiger partial charge in [-0.3, -0.25) is 19.8 Å². The normalized spacial score (nSPS) is 11.5. The quantitative estimate of drug-likeness (QED) is 0.420. The zero-order valence-electron chi connectivity index (χ0n) is 15.6. The Bertz CT molecular complexity index is 1220. The Morgan fingerprint density at radius 3 is 1.96 bits per heavy atom. The molecule has 0 radical (unpaired) electrons. The van der Waals surface area contributed by atoms with Crippen LogP contribution >= 0.6 is 11.6 Å². The van der Waals surface area contributed by atoms with Gasteiger partial charge in [0.05, 0.1) is 17.0 Å². The van der Waals surface area contributed by atoms with Crippen molar-refractivity contribution in [3.63, 3.8) is 0 Å². The summed E-state index contributed by atoms with van der Waals surface area (Å²) >= 11 is 6.24. The molecule has 0 amide bonds. The van der Waals surface area contributed by atoms with Crippen molar-refractivity contribution in [1.29, 1.82) is 0 Å². The monoisotopic (exact) mass is 398 g/mol. The van der Waals surface area contributed by atoms with Gasteiger partial charge in [-0.25, -0.2) is 0 Å². The van der Waals surface area contributed by atoms with Crippen LogP contribution in [0.1, 0.15) is 39.8 Å². The van der Waals surface area contributed by atoms with Crippen LogP contribution in [-0.2, 0) is 0 Å². The van der Waals surface area contributed by atoms with Gasteiger partial charge >= 0.3 is 0 Å². The number of aryl methyl sites for hydroxylation is 3. The first-order chi connectivity index (χ1) is 13.4. The number of furan rings is 1. The molecular formula is C20H19ClN4O3. The smallest absolute Gasteiger partial charge is 0.268 e. The second-order valence-electron chi connectivity index (χ2n) is 6.83. The second-order valence-corrected chi connectivity index (χ2v) is 7.24. The highest BCUT2D eigenvalue weighted by Crippen LogP contribution is 2.35. The van der Waals surface area contributed by atoms with Gasteiger partial charge in [-0.1, -0.05) is 23.7 Å². The molecule has 0 aliphatic heterocycles. The summed E-state index contributed by atoms with van der Waals surface area (Å²) in [5.74, 6) is 0.448. The number of nitrogens with one attached hydrogen (secondary N) is 4. The maximum Gasteiger partial charge on any atom is 0.268 e. The molecular weight excluding hydrogens is 380 g/mol. The highest BCUT2D eigenvalue weighted by atomic mass is 35.5. The zero-order chi connectivity index (χ0) is 20.0. The number of benzene rings is 1. The van der Waals surface area contributed by atoms with E-state index in [1.807, 2.05) is 31.2 Å². The van der Waals surface area contributed by atoms with Gasteiger partial charge in [0, 0.05) is 22.0 Å². The standard InChI is InChI=1S/C20H19ClN4O3/c1-9-4-5-12(8-13(9)21)14-6-7-15(28-14)18(16-10(2)22-24-19(16)26)17-11(3)23-25-20(17)27/h4-8,18H,1-3H3,(H2,22,24,26)(H2,23,25,27). The van der Waals surface area contributed by atoms with Crippen LogP contribution in [0.25, 0.3) is 11.3 Å². The van der Waals surface area contributed by atoms with Crippen LogP contribution in [0.15, 0.2) is 44.3 Å². The molecule has 3 aromatic heterocycles. The van der Waals surface area contributed by atoms with E-state index in [0.29, 0.717) is 39.1 Å². The Morgan fingerprint density at radius 2 is 1.46 bits per heavy atom. The van der Waals surface area contributed by atoms with Gasteiger partial charge in [0.1, 0.15) is 11.5 Å². The minimum Gasteiger partial charge on any atom is -0.460 e. The van der Waals surface area contributed by atoms with Crippen LogP contribution in [0.5, 0.6) is 0 Å². The maximum absolute atomic E-state index is 12.5. The third-order valence-electron chi connectivity index (χ3n) is 4.97. The van der Waals surface area contributed by atoms with Crippen LogP contribution < -0.4 is 11.1 Å². The number of hydrogen-bond donors (Lipinski definition) is 4.